The highest BCUT2D eigenvalue weighted by Crippen LogP contribution is 2.25. The van der Waals surface area contributed by atoms with E-state index in [4.69, 9.17) is 22.1 Å². The summed E-state index contributed by atoms with van der Waals surface area (Å²) in [6.45, 7) is 5.58. The van der Waals surface area contributed by atoms with Crippen molar-refractivity contribution in [1.29, 1.82) is 0 Å². The van der Waals surface area contributed by atoms with Crippen LogP contribution in [0.1, 0.15) is 43.4 Å². The van der Waals surface area contributed by atoms with Crippen LogP contribution in [0.15, 0.2) is 64.2 Å². The lowest BCUT2D eigenvalue weighted by Crippen LogP contribution is -2.45. The zero-order valence-corrected chi connectivity index (χ0v) is 24.2. The number of sulfonamides is 1. The van der Waals surface area contributed by atoms with Gasteiger partial charge in [-0.2, -0.15) is 11.3 Å². The molecule has 2 aromatic carbocycles. The average Bonchev–Trinajstić information content (AvgIpc) is 3.42. The first kappa shape index (κ1) is 30.1. The highest BCUT2D eigenvalue weighted by molar-refractivity contribution is 7.89. The normalized spacial score (nSPS) is 12.3. The van der Waals surface area contributed by atoms with E-state index in [0.717, 1.165) is 23.1 Å². The minimum absolute atomic E-state index is 0.166. The van der Waals surface area contributed by atoms with Gasteiger partial charge in [0.15, 0.2) is 0 Å². The van der Waals surface area contributed by atoms with Crippen LogP contribution >= 0.6 is 22.9 Å². The molecule has 1 atom stereocenters. The van der Waals surface area contributed by atoms with E-state index in [2.05, 4.69) is 4.72 Å². The predicted octanol–water partition coefficient (Wildman–Crippen LogP) is 5.02. The van der Waals surface area contributed by atoms with Crippen molar-refractivity contribution in [2.24, 2.45) is 5.73 Å². The maximum atomic E-state index is 13.5. The maximum absolute atomic E-state index is 13.5. The number of ether oxygens (including phenoxy) is 1. The van der Waals surface area contributed by atoms with Gasteiger partial charge in [-0.15, -0.1) is 0 Å². The van der Waals surface area contributed by atoms with Gasteiger partial charge in [0.05, 0.1) is 17.5 Å². The first-order valence-electron chi connectivity index (χ1n) is 12.8. The maximum Gasteiger partial charge on any atom is 0.240 e. The first-order valence-corrected chi connectivity index (χ1v) is 15.6. The highest BCUT2D eigenvalue weighted by Gasteiger charge is 2.23. The molecule has 0 aliphatic rings. The van der Waals surface area contributed by atoms with Crippen molar-refractivity contribution in [2.75, 3.05) is 19.7 Å². The molecule has 3 rings (SSSR count). The number of thiophene rings is 1. The number of nitrogens with zero attached hydrogens (tertiary/aromatic N) is 1. The second kappa shape index (κ2) is 14.6. The summed E-state index contributed by atoms with van der Waals surface area (Å²) < 4.78 is 33.3. The molecule has 0 fully saturated rings. The molecule has 7 nitrogen and oxygen atoms in total. The number of carbonyl (C=O) groups excluding carboxylic acids is 1. The molecular weight excluding hydrogens is 542 g/mol. The Morgan fingerprint density at radius 3 is 2.53 bits per heavy atom. The SMILES string of the molecule is CCCNS(=O)(=O)c1ccc(CCN(Cc2cc(Cl)ccc2OCCC)C(=O)[C@@H](N)Cc2ccsc2)cc1. The molecule has 10 heteroatoms. The standard InChI is InChI=1S/C28H36ClN3O4S2/c1-3-13-31-38(34,35)25-8-5-21(6-9-25)11-14-32(28(33)26(30)17-22-12-16-37-20-22)19-23-18-24(29)7-10-27(23)36-15-4-2/h5-10,12,16,18,20,26,31H,3-4,11,13-15,17,19,30H2,1-2H3/t26-/m0/s1. The molecule has 0 aliphatic carbocycles. The third-order valence-corrected chi connectivity index (χ3v) is 8.40. The molecule has 1 amide bonds. The van der Waals surface area contributed by atoms with Gasteiger partial charge in [0, 0.05) is 30.2 Å². The Hall–Kier alpha value is -2.43. The summed E-state index contributed by atoms with van der Waals surface area (Å²) in [6, 6.07) is 13.4. The number of nitrogens with two attached hydrogens (primary N) is 1. The zero-order chi connectivity index (χ0) is 27.5. The fourth-order valence-corrected chi connectivity index (χ4v) is 5.91. The predicted molar refractivity (Wildman–Crippen MR) is 154 cm³/mol. The van der Waals surface area contributed by atoms with Gasteiger partial charge in [-0.05, 0) is 84.0 Å². The van der Waals surface area contributed by atoms with Crippen molar-refractivity contribution in [3.63, 3.8) is 0 Å². The van der Waals surface area contributed by atoms with Crippen LogP contribution < -0.4 is 15.2 Å². The van der Waals surface area contributed by atoms with Crippen LogP contribution in [-0.2, 0) is 34.2 Å². The van der Waals surface area contributed by atoms with Crippen molar-refractivity contribution >= 4 is 38.9 Å². The van der Waals surface area contributed by atoms with Crippen molar-refractivity contribution in [3.8, 4) is 5.75 Å². The number of halogens is 1. The molecule has 0 saturated heterocycles. The zero-order valence-electron chi connectivity index (χ0n) is 21.9. The largest absolute Gasteiger partial charge is 0.493 e. The van der Waals surface area contributed by atoms with Crippen LogP contribution in [0.2, 0.25) is 5.02 Å². The molecule has 0 aliphatic heterocycles. The lowest BCUT2D eigenvalue weighted by atomic mass is 10.1. The topological polar surface area (TPSA) is 102 Å². The second-order valence-electron chi connectivity index (χ2n) is 9.09. The lowest BCUT2D eigenvalue weighted by Gasteiger charge is -2.27. The van der Waals surface area contributed by atoms with Gasteiger partial charge < -0.3 is 15.4 Å². The summed E-state index contributed by atoms with van der Waals surface area (Å²) in [6.07, 6.45) is 2.56. The number of rotatable bonds is 15. The Morgan fingerprint density at radius 1 is 1.11 bits per heavy atom. The second-order valence-corrected chi connectivity index (χ2v) is 12.1. The Bertz CT molecular complexity index is 1270. The Morgan fingerprint density at radius 2 is 1.87 bits per heavy atom. The molecule has 0 unspecified atom stereocenters. The van der Waals surface area contributed by atoms with E-state index in [0.29, 0.717) is 56.3 Å². The summed E-state index contributed by atoms with van der Waals surface area (Å²) in [5.74, 6) is 0.523. The molecule has 0 radical (unpaired) electrons. The molecule has 3 aromatic rings. The summed E-state index contributed by atoms with van der Waals surface area (Å²) in [5.41, 5.74) is 9.12. The Balaban J connectivity index is 1.79. The number of hydrogen-bond acceptors (Lipinski definition) is 6. The minimum Gasteiger partial charge on any atom is -0.493 e. The van der Waals surface area contributed by atoms with E-state index in [-0.39, 0.29) is 10.8 Å². The van der Waals surface area contributed by atoms with Crippen molar-refractivity contribution in [3.05, 3.63) is 81.0 Å². The van der Waals surface area contributed by atoms with Gasteiger partial charge in [0.25, 0.3) is 0 Å². The number of benzene rings is 2. The molecule has 38 heavy (non-hydrogen) atoms. The number of nitrogens with one attached hydrogen (secondary N) is 1. The molecule has 1 heterocycles. The van der Waals surface area contributed by atoms with E-state index in [1.54, 1.807) is 46.6 Å². The van der Waals surface area contributed by atoms with E-state index in [9.17, 15) is 13.2 Å². The summed E-state index contributed by atoms with van der Waals surface area (Å²) in [7, 11) is -3.53. The van der Waals surface area contributed by atoms with Crippen molar-refractivity contribution in [1.82, 2.24) is 9.62 Å². The fourth-order valence-electron chi connectivity index (χ4n) is 3.90. The van der Waals surface area contributed by atoms with Crippen LogP contribution in [0.3, 0.4) is 0 Å². The van der Waals surface area contributed by atoms with Gasteiger partial charge >= 0.3 is 0 Å². The highest BCUT2D eigenvalue weighted by atomic mass is 35.5. The lowest BCUT2D eigenvalue weighted by molar-refractivity contribution is -0.133. The minimum atomic E-state index is -3.53. The third kappa shape index (κ3) is 8.81. The molecule has 0 saturated carbocycles. The smallest absolute Gasteiger partial charge is 0.240 e. The third-order valence-electron chi connectivity index (χ3n) is 5.96. The molecule has 1 aromatic heterocycles. The van der Waals surface area contributed by atoms with Crippen molar-refractivity contribution < 1.29 is 17.9 Å². The van der Waals surface area contributed by atoms with Gasteiger partial charge in [0.2, 0.25) is 15.9 Å². The van der Waals surface area contributed by atoms with Crippen LogP contribution in [0.5, 0.6) is 5.75 Å². The van der Waals surface area contributed by atoms with Crippen LogP contribution in [-0.4, -0.2) is 45.0 Å². The summed E-state index contributed by atoms with van der Waals surface area (Å²) >= 11 is 7.86. The quantitative estimate of drug-likeness (QED) is 0.264. The molecule has 0 spiro atoms. The fraction of sp³-hybridized carbons (Fsp3) is 0.393. The molecule has 206 valence electrons. The number of amides is 1. The van der Waals surface area contributed by atoms with Gasteiger partial charge in [-0.1, -0.05) is 37.6 Å². The van der Waals surface area contributed by atoms with Gasteiger partial charge in [0.1, 0.15) is 5.75 Å². The van der Waals surface area contributed by atoms with Crippen LogP contribution in [0.4, 0.5) is 0 Å². The Kier molecular flexibility index (Phi) is 11.6. The van der Waals surface area contributed by atoms with E-state index in [1.807, 2.05) is 42.8 Å². The summed E-state index contributed by atoms with van der Waals surface area (Å²) in [5, 5.41) is 4.53. The summed E-state index contributed by atoms with van der Waals surface area (Å²) in [4.78, 5) is 15.5. The molecular formula is C28H36ClN3O4S2. The van der Waals surface area contributed by atoms with Gasteiger partial charge in [-0.3, -0.25) is 4.79 Å². The van der Waals surface area contributed by atoms with Gasteiger partial charge in [-0.25, -0.2) is 13.1 Å². The van der Waals surface area contributed by atoms with E-state index < -0.39 is 16.1 Å². The van der Waals surface area contributed by atoms with Crippen LogP contribution in [0.25, 0.3) is 0 Å². The molecule has 3 N–H and O–H groups in total. The van der Waals surface area contributed by atoms with Crippen molar-refractivity contribution in [2.45, 2.75) is 57.0 Å². The Labute approximate surface area is 235 Å². The van der Waals surface area contributed by atoms with E-state index in [1.165, 1.54) is 0 Å². The molecule has 0 bridgehead atoms. The monoisotopic (exact) mass is 577 g/mol. The number of carbonyl (C=O) groups is 1. The average molecular weight is 578 g/mol. The first-order chi connectivity index (χ1) is 18.2. The number of hydrogen-bond donors (Lipinski definition) is 2. The van der Waals surface area contributed by atoms with E-state index >= 15 is 0 Å². The van der Waals surface area contributed by atoms with Crippen LogP contribution in [0, 0.1) is 0 Å².